The summed E-state index contributed by atoms with van der Waals surface area (Å²) < 4.78 is 53.6. The van der Waals surface area contributed by atoms with Gasteiger partial charge in [0.15, 0.2) is 0 Å². The summed E-state index contributed by atoms with van der Waals surface area (Å²) >= 11 is 0. The molecule has 64 heavy (non-hydrogen) atoms. The highest BCUT2D eigenvalue weighted by atomic mass is 16.3. The molecule has 0 atom stereocenters. The van der Waals surface area contributed by atoms with Crippen LogP contribution in [0.2, 0.25) is 0 Å². The first-order valence-corrected chi connectivity index (χ1v) is 21.4. The summed E-state index contributed by atoms with van der Waals surface area (Å²) in [6, 6.07) is 68.0. The summed E-state index contributed by atoms with van der Waals surface area (Å²) in [6.45, 7) is 0. The smallest absolute Gasteiger partial charge is 0.136 e. The molecule has 13 rings (SSSR count). The van der Waals surface area contributed by atoms with Crippen LogP contribution >= 0.6 is 0 Å². The highest BCUT2D eigenvalue weighted by molar-refractivity contribution is 6.15. The molecule has 0 amide bonds. The molecule has 0 aliphatic carbocycles. The van der Waals surface area contributed by atoms with Gasteiger partial charge in [-0.25, -0.2) is 0 Å². The number of rotatable bonds is 7. The lowest BCUT2D eigenvalue weighted by atomic mass is 9.99. The zero-order valence-electron chi connectivity index (χ0n) is 39.4. The van der Waals surface area contributed by atoms with Crippen LogP contribution in [0, 0.1) is 0 Å². The third-order valence-electron chi connectivity index (χ3n) is 12.6. The fraction of sp³-hybridized carbons (Fsp3) is 0. The maximum Gasteiger partial charge on any atom is 0.136 e. The highest BCUT2D eigenvalue weighted by Gasteiger charge is 2.19. The van der Waals surface area contributed by atoms with E-state index in [1.165, 1.54) is 10.8 Å². The van der Waals surface area contributed by atoms with Crippen LogP contribution in [-0.2, 0) is 0 Å². The van der Waals surface area contributed by atoms with E-state index >= 15 is 0 Å². The lowest BCUT2D eigenvalue weighted by Gasteiger charge is -2.14. The molecule has 4 heteroatoms. The van der Waals surface area contributed by atoms with Crippen LogP contribution in [0.5, 0.6) is 0 Å². The SMILES string of the molecule is [2H]c1c([2H])c([2H])c(-c2cccc3oc4ccc(-n5c6ccccc6c6cc(-c7ccc8c(c7)c7ccccc7n8-c7cccc(-c8ccccc8Nc8ccccc8)c7)ccc65)cc4c23)c([2H])c1[2H]. The summed E-state index contributed by atoms with van der Waals surface area (Å²) in [6.07, 6.45) is 0. The summed E-state index contributed by atoms with van der Waals surface area (Å²) in [5.41, 5.74) is 14.8. The first-order chi connectivity index (χ1) is 33.8. The molecule has 13 aromatic rings. The van der Waals surface area contributed by atoms with Crippen molar-refractivity contribution in [2.75, 3.05) is 5.32 Å². The van der Waals surface area contributed by atoms with E-state index in [2.05, 4.69) is 172 Å². The molecular weight excluding hydrogens is 779 g/mol. The molecule has 0 saturated carbocycles. The predicted octanol–water partition coefficient (Wildman–Crippen LogP) is 16.5. The summed E-state index contributed by atoms with van der Waals surface area (Å²) in [5.74, 6) is 0. The zero-order chi connectivity index (χ0) is 46.5. The van der Waals surface area contributed by atoms with Gasteiger partial charge in [-0.3, -0.25) is 0 Å². The van der Waals surface area contributed by atoms with Crippen LogP contribution in [0.25, 0.3) is 110 Å². The normalized spacial score (nSPS) is 12.8. The molecule has 300 valence electrons. The summed E-state index contributed by atoms with van der Waals surface area (Å²) in [5, 5.41) is 9.69. The average molecular weight is 823 g/mol. The number of nitrogens with zero attached hydrogens (tertiary/aromatic N) is 2. The molecule has 0 spiro atoms. The molecule has 10 aromatic carbocycles. The first kappa shape index (κ1) is 31.3. The molecule has 0 bridgehead atoms. The van der Waals surface area contributed by atoms with Gasteiger partial charge in [-0.2, -0.15) is 0 Å². The van der Waals surface area contributed by atoms with Crippen LogP contribution < -0.4 is 5.32 Å². The minimum Gasteiger partial charge on any atom is -0.456 e. The zero-order valence-corrected chi connectivity index (χ0v) is 34.4. The van der Waals surface area contributed by atoms with E-state index in [4.69, 9.17) is 11.3 Å². The molecule has 0 saturated heterocycles. The fourth-order valence-electron chi connectivity index (χ4n) is 9.74. The van der Waals surface area contributed by atoms with Gasteiger partial charge in [-0.1, -0.05) is 139 Å². The van der Waals surface area contributed by atoms with Gasteiger partial charge in [0, 0.05) is 60.6 Å². The van der Waals surface area contributed by atoms with Crippen molar-refractivity contribution in [2.45, 2.75) is 0 Å². The monoisotopic (exact) mass is 822 g/mol. The topological polar surface area (TPSA) is 35.0 Å². The van der Waals surface area contributed by atoms with Crippen molar-refractivity contribution in [3.05, 3.63) is 230 Å². The second-order valence-electron chi connectivity index (χ2n) is 16.2. The largest absolute Gasteiger partial charge is 0.456 e. The van der Waals surface area contributed by atoms with E-state index in [1.807, 2.05) is 30.3 Å². The van der Waals surface area contributed by atoms with Crippen molar-refractivity contribution < 1.29 is 11.3 Å². The molecule has 3 heterocycles. The Morgan fingerprint density at radius 1 is 0.375 bits per heavy atom. The van der Waals surface area contributed by atoms with Gasteiger partial charge < -0.3 is 18.9 Å². The predicted molar refractivity (Wildman–Crippen MR) is 268 cm³/mol. The summed E-state index contributed by atoms with van der Waals surface area (Å²) in [4.78, 5) is 0. The Kier molecular flexibility index (Phi) is 7.09. The Labute approximate surface area is 376 Å². The molecule has 0 fully saturated rings. The van der Waals surface area contributed by atoms with Crippen LogP contribution in [0.3, 0.4) is 0 Å². The molecule has 0 unspecified atom stereocenters. The van der Waals surface area contributed by atoms with Gasteiger partial charge in [0.1, 0.15) is 11.2 Å². The molecular formula is C60H39N3O. The van der Waals surface area contributed by atoms with Gasteiger partial charge in [-0.15, -0.1) is 0 Å². The number of para-hydroxylation sites is 4. The van der Waals surface area contributed by atoms with Gasteiger partial charge in [0.2, 0.25) is 0 Å². The van der Waals surface area contributed by atoms with Crippen LogP contribution in [-0.4, -0.2) is 9.13 Å². The third kappa shape index (κ3) is 5.77. The van der Waals surface area contributed by atoms with E-state index < -0.39 is 6.04 Å². The minimum atomic E-state index is -0.421. The highest BCUT2D eigenvalue weighted by Crippen LogP contribution is 2.42. The number of aromatic nitrogens is 2. The van der Waals surface area contributed by atoms with E-state index in [1.54, 1.807) is 12.1 Å². The van der Waals surface area contributed by atoms with Gasteiger partial charge in [-0.05, 0) is 119 Å². The van der Waals surface area contributed by atoms with E-state index in [9.17, 15) is 0 Å². The number of nitrogens with one attached hydrogen (secondary N) is 1. The lowest BCUT2D eigenvalue weighted by molar-refractivity contribution is 0.669. The quantitative estimate of drug-likeness (QED) is 0.174. The maximum absolute atomic E-state index is 8.79. The fourth-order valence-corrected chi connectivity index (χ4v) is 9.74. The Morgan fingerprint density at radius 3 is 1.72 bits per heavy atom. The van der Waals surface area contributed by atoms with Gasteiger partial charge in [0.05, 0.1) is 28.9 Å². The first-order valence-electron chi connectivity index (χ1n) is 23.9. The van der Waals surface area contributed by atoms with Crippen molar-refractivity contribution >= 4 is 76.9 Å². The molecule has 4 nitrogen and oxygen atoms in total. The van der Waals surface area contributed by atoms with Crippen LogP contribution in [0.1, 0.15) is 6.85 Å². The number of anilines is 2. The van der Waals surface area contributed by atoms with Crippen molar-refractivity contribution in [3.8, 4) is 44.8 Å². The number of furan rings is 1. The second kappa shape index (κ2) is 14.5. The summed E-state index contributed by atoms with van der Waals surface area (Å²) in [7, 11) is 0. The Hall–Kier alpha value is -8.60. The Morgan fingerprint density at radius 2 is 0.984 bits per heavy atom. The van der Waals surface area contributed by atoms with Crippen molar-refractivity contribution in [1.29, 1.82) is 0 Å². The van der Waals surface area contributed by atoms with Crippen molar-refractivity contribution in [1.82, 2.24) is 9.13 Å². The minimum absolute atomic E-state index is 0.148. The lowest BCUT2D eigenvalue weighted by Crippen LogP contribution is -1.96. The number of hydrogen-bond acceptors (Lipinski definition) is 2. The standard InChI is InChI=1S/C60H39N3O/c1-3-15-39(16-4-1)47-24-14-28-59-60(47)52-38-45(31-34-58(52)64-59)63-55-27-12-9-23-49(55)51-37-41(30-33-57(51)63)40-29-32-56-50(36-40)48-22-8-11-26-54(48)62(56)44-20-13-17-42(35-44)46-21-7-10-25-53(46)61-43-18-5-2-6-19-43/h1-38,61H/i1D,3D,4D,15D,16D. The van der Waals surface area contributed by atoms with Crippen LogP contribution in [0.15, 0.2) is 235 Å². The van der Waals surface area contributed by atoms with E-state index in [0.29, 0.717) is 22.1 Å². The van der Waals surface area contributed by atoms with Crippen molar-refractivity contribution in [2.24, 2.45) is 0 Å². The van der Waals surface area contributed by atoms with Gasteiger partial charge >= 0.3 is 0 Å². The van der Waals surface area contributed by atoms with Gasteiger partial charge in [0.25, 0.3) is 0 Å². The second-order valence-corrected chi connectivity index (χ2v) is 16.2. The Balaban J connectivity index is 0.924. The van der Waals surface area contributed by atoms with Crippen LogP contribution in [0.4, 0.5) is 11.4 Å². The average Bonchev–Trinajstić information content (AvgIpc) is 4.05. The number of hydrogen-bond donors (Lipinski definition) is 1. The Bertz CT molecular complexity index is 4220. The number of benzene rings is 10. The molecule has 1 N–H and O–H groups in total. The molecule has 3 aromatic heterocycles. The maximum atomic E-state index is 8.79. The molecule has 0 aliphatic rings. The van der Waals surface area contributed by atoms with E-state index in [0.717, 1.165) is 83.2 Å². The molecule has 0 aliphatic heterocycles. The van der Waals surface area contributed by atoms with Crippen molar-refractivity contribution in [3.63, 3.8) is 0 Å². The molecule has 0 radical (unpaired) electrons. The third-order valence-corrected chi connectivity index (χ3v) is 12.6. The number of fused-ring (bicyclic) bond motifs is 9. The van der Waals surface area contributed by atoms with E-state index in [-0.39, 0.29) is 29.7 Å².